The van der Waals surface area contributed by atoms with E-state index in [2.05, 4.69) is 35.2 Å². The standard InChI is InChI=1S/C14H19N/c1-11-9-13-7-8-14(11)15(13)10-12-5-3-2-4-6-12/h2-6,11,13-14H,7-10H2,1H3/t11-,13-,14+/m1/s1/i1D. The highest BCUT2D eigenvalue weighted by molar-refractivity contribution is 5.16. The van der Waals surface area contributed by atoms with E-state index in [9.17, 15) is 0 Å². The minimum absolute atomic E-state index is 0.618. The zero-order valence-electron chi connectivity index (χ0n) is 10.1. The van der Waals surface area contributed by atoms with Gasteiger partial charge in [0.25, 0.3) is 0 Å². The lowest BCUT2D eigenvalue weighted by molar-refractivity contribution is 0.231. The molecule has 3 atom stereocenters. The number of rotatable bonds is 2. The van der Waals surface area contributed by atoms with Crippen molar-refractivity contribution in [1.82, 2.24) is 4.90 Å². The molecule has 1 aromatic rings. The molecule has 3 rings (SSSR count). The molecule has 0 amide bonds. The van der Waals surface area contributed by atoms with Gasteiger partial charge in [-0.2, -0.15) is 0 Å². The van der Waals surface area contributed by atoms with Crippen molar-refractivity contribution in [3.05, 3.63) is 35.9 Å². The van der Waals surface area contributed by atoms with Crippen molar-refractivity contribution in [3.8, 4) is 0 Å². The van der Waals surface area contributed by atoms with Crippen LogP contribution in [-0.2, 0) is 6.54 Å². The van der Waals surface area contributed by atoms with Gasteiger partial charge in [0.15, 0.2) is 0 Å². The highest BCUT2D eigenvalue weighted by atomic mass is 15.2. The average Bonchev–Trinajstić information content (AvgIpc) is 2.87. The summed E-state index contributed by atoms with van der Waals surface area (Å²) in [5, 5.41) is 0. The fourth-order valence-corrected chi connectivity index (χ4v) is 3.27. The van der Waals surface area contributed by atoms with Crippen molar-refractivity contribution in [1.29, 1.82) is 0 Å². The first-order valence-corrected chi connectivity index (χ1v) is 5.97. The lowest BCUT2D eigenvalue weighted by atomic mass is 9.91. The van der Waals surface area contributed by atoms with Crippen LogP contribution < -0.4 is 0 Å². The summed E-state index contributed by atoms with van der Waals surface area (Å²) in [5.74, 6) is 0.641. The zero-order chi connectivity index (χ0) is 11.0. The molecule has 2 aliphatic heterocycles. The van der Waals surface area contributed by atoms with E-state index in [-0.39, 0.29) is 0 Å². The number of hydrogen-bond donors (Lipinski definition) is 0. The molecule has 2 bridgehead atoms. The van der Waals surface area contributed by atoms with Crippen LogP contribution in [0.5, 0.6) is 0 Å². The maximum atomic E-state index is 7.60. The molecule has 2 aliphatic rings. The summed E-state index contributed by atoms with van der Waals surface area (Å²) in [7, 11) is 0. The third-order valence-corrected chi connectivity index (χ3v) is 4.02. The minimum Gasteiger partial charge on any atom is -0.293 e. The van der Waals surface area contributed by atoms with E-state index < -0.39 is 0 Å². The summed E-state index contributed by atoms with van der Waals surface area (Å²) in [6.07, 6.45) is 3.94. The van der Waals surface area contributed by atoms with Crippen LogP contribution >= 0.6 is 0 Å². The monoisotopic (exact) mass is 202 g/mol. The lowest BCUT2D eigenvalue weighted by Gasteiger charge is -2.22. The molecule has 1 nitrogen and oxygen atoms in total. The van der Waals surface area contributed by atoms with Gasteiger partial charge >= 0.3 is 0 Å². The van der Waals surface area contributed by atoms with Gasteiger partial charge < -0.3 is 0 Å². The van der Waals surface area contributed by atoms with Gasteiger partial charge in [-0.05, 0) is 30.7 Å². The molecule has 80 valence electrons. The van der Waals surface area contributed by atoms with Crippen LogP contribution in [0.4, 0.5) is 0 Å². The van der Waals surface area contributed by atoms with Gasteiger partial charge in [0, 0.05) is 20.0 Å². The van der Waals surface area contributed by atoms with E-state index >= 15 is 0 Å². The second-order valence-corrected chi connectivity index (χ2v) is 4.95. The topological polar surface area (TPSA) is 3.24 Å². The van der Waals surface area contributed by atoms with Crippen molar-refractivity contribution < 1.29 is 1.37 Å². The summed E-state index contributed by atoms with van der Waals surface area (Å²) in [6.45, 7) is 1.71. The Balaban J connectivity index is 1.73. The highest BCUT2D eigenvalue weighted by Crippen LogP contribution is 2.42. The predicted octanol–water partition coefficient (Wildman–Crippen LogP) is 3.06. The molecule has 0 unspecified atom stereocenters. The molecule has 1 aromatic carbocycles. The SMILES string of the molecule is [2H]C[C@@H]1C[C@H]2CC[C@@H]1N2Cc1ccccc1. The maximum Gasteiger partial charge on any atom is 0.0239 e. The smallest absolute Gasteiger partial charge is 0.0239 e. The van der Waals surface area contributed by atoms with Crippen LogP contribution in [0.3, 0.4) is 0 Å². The second kappa shape index (κ2) is 3.64. The molecule has 2 saturated heterocycles. The molecule has 2 fully saturated rings. The Labute approximate surface area is 93.5 Å². The molecular weight excluding hydrogens is 182 g/mol. The van der Waals surface area contributed by atoms with Crippen LogP contribution in [-0.4, -0.2) is 17.0 Å². The molecule has 15 heavy (non-hydrogen) atoms. The van der Waals surface area contributed by atoms with Crippen molar-refractivity contribution >= 4 is 0 Å². The number of benzene rings is 1. The summed E-state index contributed by atoms with van der Waals surface area (Å²) >= 11 is 0. The Morgan fingerprint density at radius 3 is 2.93 bits per heavy atom. The largest absolute Gasteiger partial charge is 0.293 e. The molecule has 0 aliphatic carbocycles. The van der Waals surface area contributed by atoms with E-state index in [1.165, 1.54) is 24.8 Å². The van der Waals surface area contributed by atoms with Gasteiger partial charge in [-0.1, -0.05) is 37.2 Å². The molecule has 0 radical (unpaired) electrons. The van der Waals surface area contributed by atoms with E-state index in [4.69, 9.17) is 1.37 Å². The van der Waals surface area contributed by atoms with Gasteiger partial charge in [-0.3, -0.25) is 4.90 Å². The first kappa shape index (κ1) is 8.35. The maximum absolute atomic E-state index is 7.60. The van der Waals surface area contributed by atoms with Crippen LogP contribution in [0.2, 0.25) is 0 Å². The van der Waals surface area contributed by atoms with Crippen LogP contribution in [0.25, 0.3) is 0 Å². The molecule has 2 heterocycles. The second-order valence-electron chi connectivity index (χ2n) is 4.95. The average molecular weight is 202 g/mol. The van der Waals surface area contributed by atoms with Crippen molar-refractivity contribution in [2.75, 3.05) is 0 Å². The first-order chi connectivity index (χ1) is 7.88. The summed E-state index contributed by atoms with van der Waals surface area (Å²) in [6, 6.07) is 12.2. The third-order valence-electron chi connectivity index (χ3n) is 4.02. The quantitative estimate of drug-likeness (QED) is 0.712. The van der Waals surface area contributed by atoms with Crippen molar-refractivity contribution in [2.24, 2.45) is 5.92 Å². The minimum atomic E-state index is 0.618. The van der Waals surface area contributed by atoms with Gasteiger partial charge in [-0.15, -0.1) is 0 Å². The van der Waals surface area contributed by atoms with E-state index in [1.54, 1.807) is 0 Å². The van der Waals surface area contributed by atoms with E-state index in [0.717, 1.165) is 12.6 Å². The highest BCUT2D eigenvalue weighted by Gasteiger charge is 2.43. The predicted molar refractivity (Wildman–Crippen MR) is 62.6 cm³/mol. The number of hydrogen-bond acceptors (Lipinski definition) is 1. The Bertz CT molecular complexity index is 351. The number of nitrogens with zero attached hydrogens (tertiary/aromatic N) is 1. The van der Waals surface area contributed by atoms with E-state index in [1.807, 2.05) is 0 Å². The van der Waals surface area contributed by atoms with Crippen molar-refractivity contribution in [2.45, 2.75) is 44.8 Å². The van der Waals surface area contributed by atoms with Gasteiger partial charge in [0.05, 0.1) is 0 Å². The van der Waals surface area contributed by atoms with Gasteiger partial charge in [0.2, 0.25) is 0 Å². The molecule has 0 saturated carbocycles. The van der Waals surface area contributed by atoms with E-state index in [0.29, 0.717) is 18.9 Å². The summed E-state index contributed by atoms with van der Waals surface area (Å²) in [5.41, 5.74) is 1.42. The third kappa shape index (κ3) is 1.59. The molecule has 0 N–H and O–H groups in total. The van der Waals surface area contributed by atoms with Gasteiger partial charge in [-0.25, -0.2) is 0 Å². The first-order valence-electron chi connectivity index (χ1n) is 6.68. The molecule has 0 aromatic heterocycles. The Kier molecular flexibility index (Phi) is 2.02. The fourth-order valence-electron chi connectivity index (χ4n) is 3.27. The van der Waals surface area contributed by atoms with Gasteiger partial charge in [0.1, 0.15) is 0 Å². The Morgan fingerprint density at radius 1 is 1.33 bits per heavy atom. The van der Waals surface area contributed by atoms with Crippen LogP contribution in [0.1, 0.15) is 33.1 Å². The molecule has 0 spiro atoms. The van der Waals surface area contributed by atoms with Crippen LogP contribution in [0.15, 0.2) is 30.3 Å². The Hall–Kier alpha value is -0.820. The lowest BCUT2D eigenvalue weighted by Crippen LogP contribution is -2.29. The zero-order valence-corrected chi connectivity index (χ0v) is 9.10. The Morgan fingerprint density at radius 2 is 2.20 bits per heavy atom. The fraction of sp³-hybridized carbons (Fsp3) is 0.571. The summed E-state index contributed by atoms with van der Waals surface area (Å²) in [4.78, 5) is 2.65. The molecule has 1 heteroatoms. The van der Waals surface area contributed by atoms with Crippen LogP contribution in [0, 0.1) is 5.92 Å². The summed E-state index contributed by atoms with van der Waals surface area (Å²) < 4.78 is 7.60. The number of fused-ring (bicyclic) bond motifs is 2. The molecular formula is C14H19N. The van der Waals surface area contributed by atoms with Crippen molar-refractivity contribution in [3.63, 3.8) is 0 Å². The normalized spacial score (nSPS) is 35.7.